The molecule has 0 spiro atoms. The molecule has 118 valence electrons. The fourth-order valence-electron chi connectivity index (χ4n) is 2.40. The number of benzene rings is 1. The number of aromatic nitrogens is 1. The smallest absolute Gasteiger partial charge is 0.240 e. The minimum atomic E-state index is -3.81. The van der Waals surface area contributed by atoms with E-state index in [4.69, 9.17) is 10.9 Å². The first kappa shape index (κ1) is 16.4. The molecule has 22 heavy (non-hydrogen) atoms. The monoisotopic (exact) mass is 320 g/mol. The zero-order valence-corrected chi connectivity index (χ0v) is 13.2. The summed E-state index contributed by atoms with van der Waals surface area (Å²) in [5.41, 5.74) is 6.63. The molecule has 5 N–H and O–H groups in total. The van der Waals surface area contributed by atoms with Gasteiger partial charge in [-0.2, -0.15) is 0 Å². The number of nitrogens with two attached hydrogens (primary N) is 2. The summed E-state index contributed by atoms with van der Waals surface area (Å²) in [5.74, 6) is 0. The van der Waals surface area contributed by atoms with Gasteiger partial charge in [-0.05, 0) is 49.7 Å². The van der Waals surface area contributed by atoms with Crippen molar-refractivity contribution in [2.24, 2.45) is 10.9 Å². The van der Waals surface area contributed by atoms with Crippen LogP contribution in [0, 0.1) is 0 Å². The predicted molar refractivity (Wildman–Crippen MR) is 86.7 cm³/mol. The highest BCUT2D eigenvalue weighted by Gasteiger charge is 2.27. The molecule has 0 radical (unpaired) electrons. The Balaban J connectivity index is 2.46. The van der Waals surface area contributed by atoms with Crippen LogP contribution in [0.15, 0.2) is 53.7 Å². The van der Waals surface area contributed by atoms with Crippen molar-refractivity contribution in [1.29, 1.82) is 0 Å². The Morgan fingerprint density at radius 3 is 2.41 bits per heavy atom. The molecule has 0 aliphatic carbocycles. The molecule has 0 amide bonds. The Kier molecular flexibility index (Phi) is 4.80. The van der Waals surface area contributed by atoms with Gasteiger partial charge in [0.2, 0.25) is 10.0 Å². The maximum Gasteiger partial charge on any atom is 0.240 e. The summed E-state index contributed by atoms with van der Waals surface area (Å²) in [6.45, 7) is 2.42. The second-order valence-corrected chi connectivity index (χ2v) is 6.80. The molecule has 2 rings (SSSR count). The van der Waals surface area contributed by atoms with Gasteiger partial charge in [0.25, 0.3) is 0 Å². The minimum absolute atomic E-state index is 0.0623. The van der Waals surface area contributed by atoms with E-state index in [0.29, 0.717) is 18.7 Å². The predicted octanol–water partition coefficient (Wildman–Crippen LogP) is 1.41. The number of rotatable bonds is 6. The molecule has 7 heteroatoms. The third-order valence-electron chi connectivity index (χ3n) is 3.57. The van der Waals surface area contributed by atoms with Crippen molar-refractivity contribution in [2.45, 2.75) is 23.8 Å². The number of nitrogens with zero attached hydrogens (tertiary/aromatic N) is 1. The van der Waals surface area contributed by atoms with Crippen molar-refractivity contribution >= 4 is 15.7 Å². The number of para-hydroxylation sites is 1. The summed E-state index contributed by atoms with van der Waals surface area (Å²) in [4.78, 5) is 4.07. The number of sulfonamides is 1. The van der Waals surface area contributed by atoms with E-state index in [1.54, 1.807) is 30.6 Å². The Bertz CT molecular complexity index is 734. The third kappa shape index (κ3) is 3.62. The quantitative estimate of drug-likeness (QED) is 0.745. The van der Waals surface area contributed by atoms with Gasteiger partial charge < -0.3 is 11.1 Å². The molecule has 0 bridgehead atoms. The van der Waals surface area contributed by atoms with E-state index in [-0.39, 0.29) is 4.90 Å². The highest BCUT2D eigenvalue weighted by atomic mass is 32.2. The second-order valence-electron chi connectivity index (χ2n) is 5.27. The van der Waals surface area contributed by atoms with Gasteiger partial charge in [-0.15, -0.1) is 0 Å². The summed E-state index contributed by atoms with van der Waals surface area (Å²) in [6.07, 6.45) is 4.00. The SMILES string of the molecule is CC(CCN)(Nc1ccccc1S(N)(=O)=O)c1ccncc1. The highest BCUT2D eigenvalue weighted by Crippen LogP contribution is 2.31. The molecule has 0 saturated carbocycles. The first-order valence-corrected chi connectivity index (χ1v) is 8.42. The Morgan fingerprint density at radius 1 is 1.18 bits per heavy atom. The van der Waals surface area contributed by atoms with Crippen LogP contribution in [0.3, 0.4) is 0 Å². The van der Waals surface area contributed by atoms with Crippen molar-refractivity contribution in [2.75, 3.05) is 11.9 Å². The van der Waals surface area contributed by atoms with Crippen molar-refractivity contribution < 1.29 is 8.42 Å². The second kappa shape index (κ2) is 6.43. The molecule has 0 fully saturated rings. The largest absolute Gasteiger partial charge is 0.375 e. The standard InChI is InChI=1S/C15H20N4O2S/c1-15(8-9-16,12-6-10-18-11-7-12)19-13-4-2-3-5-14(13)22(17,20)21/h2-7,10-11,19H,8-9,16H2,1H3,(H2,17,20,21). The zero-order chi connectivity index (χ0) is 16.2. The van der Waals surface area contributed by atoms with Crippen LogP contribution in [-0.4, -0.2) is 19.9 Å². The van der Waals surface area contributed by atoms with Gasteiger partial charge in [-0.25, -0.2) is 13.6 Å². The summed E-state index contributed by atoms with van der Waals surface area (Å²) >= 11 is 0. The number of pyridine rings is 1. The van der Waals surface area contributed by atoms with Gasteiger partial charge in [-0.3, -0.25) is 4.98 Å². The molecule has 1 aromatic heterocycles. The van der Waals surface area contributed by atoms with Crippen LogP contribution in [0.25, 0.3) is 0 Å². The lowest BCUT2D eigenvalue weighted by Gasteiger charge is -2.33. The number of primary sulfonamides is 1. The first-order chi connectivity index (χ1) is 10.4. The number of hydrogen-bond donors (Lipinski definition) is 3. The molecule has 1 heterocycles. The molecule has 0 aliphatic rings. The summed E-state index contributed by atoms with van der Waals surface area (Å²) in [5, 5.41) is 8.57. The normalized spacial score (nSPS) is 14.3. The van der Waals surface area contributed by atoms with Crippen LogP contribution in [0.1, 0.15) is 18.9 Å². The third-order valence-corrected chi connectivity index (χ3v) is 4.53. The van der Waals surface area contributed by atoms with E-state index < -0.39 is 15.6 Å². The maximum atomic E-state index is 11.7. The maximum absolute atomic E-state index is 11.7. The number of anilines is 1. The molecule has 1 atom stereocenters. The average Bonchev–Trinajstić information content (AvgIpc) is 2.48. The van der Waals surface area contributed by atoms with Gasteiger partial charge >= 0.3 is 0 Å². The number of hydrogen-bond acceptors (Lipinski definition) is 5. The fraction of sp³-hybridized carbons (Fsp3) is 0.267. The van der Waals surface area contributed by atoms with Gasteiger partial charge in [0.1, 0.15) is 4.90 Å². The number of nitrogens with one attached hydrogen (secondary N) is 1. The minimum Gasteiger partial charge on any atom is -0.375 e. The average molecular weight is 320 g/mol. The molecule has 6 nitrogen and oxygen atoms in total. The zero-order valence-electron chi connectivity index (χ0n) is 12.4. The Labute approximate surface area is 130 Å². The van der Waals surface area contributed by atoms with E-state index in [2.05, 4.69) is 10.3 Å². The van der Waals surface area contributed by atoms with Crippen LogP contribution in [0.5, 0.6) is 0 Å². The molecule has 2 aromatic rings. The summed E-state index contributed by atoms with van der Waals surface area (Å²) in [6, 6.07) is 10.3. The van der Waals surface area contributed by atoms with Crippen LogP contribution >= 0.6 is 0 Å². The van der Waals surface area contributed by atoms with E-state index in [1.807, 2.05) is 19.1 Å². The lowest BCUT2D eigenvalue weighted by molar-refractivity contribution is 0.501. The molecule has 0 aliphatic heterocycles. The Morgan fingerprint density at radius 2 is 1.82 bits per heavy atom. The molecule has 1 unspecified atom stereocenters. The van der Waals surface area contributed by atoms with E-state index in [9.17, 15) is 8.42 Å². The Hall–Kier alpha value is -1.96. The summed E-state index contributed by atoms with van der Waals surface area (Å²) < 4.78 is 23.5. The molecule has 0 saturated heterocycles. The highest BCUT2D eigenvalue weighted by molar-refractivity contribution is 7.89. The van der Waals surface area contributed by atoms with E-state index >= 15 is 0 Å². The van der Waals surface area contributed by atoms with Crippen LogP contribution < -0.4 is 16.2 Å². The topological polar surface area (TPSA) is 111 Å². The summed E-state index contributed by atoms with van der Waals surface area (Å²) in [7, 11) is -3.81. The lowest BCUT2D eigenvalue weighted by atomic mass is 9.89. The van der Waals surface area contributed by atoms with Gasteiger partial charge in [-0.1, -0.05) is 12.1 Å². The van der Waals surface area contributed by atoms with Gasteiger partial charge in [0.15, 0.2) is 0 Å². The van der Waals surface area contributed by atoms with Gasteiger partial charge in [0, 0.05) is 12.4 Å². The first-order valence-electron chi connectivity index (χ1n) is 6.87. The molecule has 1 aromatic carbocycles. The fourth-order valence-corrected chi connectivity index (χ4v) is 3.10. The molecular formula is C15H20N4O2S. The van der Waals surface area contributed by atoms with Gasteiger partial charge in [0.05, 0.1) is 11.2 Å². The van der Waals surface area contributed by atoms with Crippen LogP contribution in [0.2, 0.25) is 0 Å². The van der Waals surface area contributed by atoms with Crippen molar-refractivity contribution in [3.05, 3.63) is 54.4 Å². The van der Waals surface area contributed by atoms with Crippen molar-refractivity contribution in [3.8, 4) is 0 Å². The van der Waals surface area contributed by atoms with Crippen LogP contribution in [0.4, 0.5) is 5.69 Å². The van der Waals surface area contributed by atoms with E-state index in [0.717, 1.165) is 5.56 Å². The van der Waals surface area contributed by atoms with Crippen molar-refractivity contribution in [1.82, 2.24) is 4.98 Å². The lowest BCUT2D eigenvalue weighted by Crippen LogP contribution is -2.35. The van der Waals surface area contributed by atoms with Crippen LogP contribution in [-0.2, 0) is 15.6 Å². The van der Waals surface area contributed by atoms with Crippen molar-refractivity contribution in [3.63, 3.8) is 0 Å². The van der Waals surface area contributed by atoms with E-state index in [1.165, 1.54) is 6.07 Å². The molecular weight excluding hydrogens is 300 g/mol.